The summed E-state index contributed by atoms with van der Waals surface area (Å²) in [5, 5.41) is 2.09. The fourth-order valence-electron chi connectivity index (χ4n) is 4.47. The zero-order valence-corrected chi connectivity index (χ0v) is 18.9. The van der Waals surface area contributed by atoms with Crippen molar-refractivity contribution in [1.29, 1.82) is 0 Å². The molecule has 0 unspecified atom stereocenters. The van der Waals surface area contributed by atoms with Gasteiger partial charge in [0.25, 0.3) is 0 Å². The van der Waals surface area contributed by atoms with E-state index in [4.69, 9.17) is 9.72 Å². The Morgan fingerprint density at radius 2 is 1.93 bits per heavy atom. The van der Waals surface area contributed by atoms with Gasteiger partial charge in [-0.25, -0.2) is 4.98 Å². The van der Waals surface area contributed by atoms with Crippen molar-refractivity contribution >= 4 is 28.6 Å². The second-order valence-corrected chi connectivity index (χ2v) is 9.89. The first-order valence-electron chi connectivity index (χ1n) is 10.5. The zero-order chi connectivity index (χ0) is 20.4. The van der Waals surface area contributed by atoms with Crippen molar-refractivity contribution in [1.82, 2.24) is 4.98 Å². The van der Waals surface area contributed by atoms with Gasteiger partial charge in [0.05, 0.1) is 16.3 Å². The highest BCUT2D eigenvalue weighted by Crippen LogP contribution is 2.35. The number of ether oxygens (including phenoxy) is 1. The molecule has 0 saturated heterocycles. The molecule has 1 aliphatic carbocycles. The minimum Gasteiger partial charge on any atom is -0.461 e. The maximum absolute atomic E-state index is 12.5. The molecular weight excluding hydrogens is 366 g/mol. The van der Waals surface area contributed by atoms with Crippen molar-refractivity contribution in [3.05, 3.63) is 34.9 Å². The predicted octanol–water partition coefficient (Wildman–Crippen LogP) is 6.26. The minimum atomic E-state index is -0.116. The average Bonchev–Trinajstić information content (AvgIpc) is 2.60. The molecule has 3 atom stereocenters. The van der Waals surface area contributed by atoms with E-state index in [1.807, 2.05) is 0 Å². The Morgan fingerprint density at radius 1 is 1.18 bits per heavy atom. The van der Waals surface area contributed by atoms with Crippen molar-refractivity contribution in [2.45, 2.75) is 71.9 Å². The normalized spacial score (nSPS) is 22.6. The molecule has 0 spiro atoms. The van der Waals surface area contributed by atoms with Crippen molar-refractivity contribution in [2.24, 2.45) is 17.8 Å². The van der Waals surface area contributed by atoms with Crippen LogP contribution in [0.1, 0.15) is 56.7 Å². The second kappa shape index (κ2) is 8.86. The predicted molar refractivity (Wildman–Crippen MR) is 118 cm³/mol. The molecule has 0 N–H and O–H groups in total. The summed E-state index contributed by atoms with van der Waals surface area (Å²) in [5.74, 6) is 1.87. The average molecular weight is 400 g/mol. The van der Waals surface area contributed by atoms with Gasteiger partial charge in [-0.15, -0.1) is 0 Å². The number of rotatable bonds is 5. The van der Waals surface area contributed by atoms with Crippen LogP contribution in [0, 0.1) is 38.5 Å². The van der Waals surface area contributed by atoms with Gasteiger partial charge >= 0.3 is 5.97 Å². The van der Waals surface area contributed by atoms with Gasteiger partial charge < -0.3 is 4.74 Å². The number of hydrogen-bond acceptors (Lipinski definition) is 4. The van der Waals surface area contributed by atoms with Gasteiger partial charge in [0.1, 0.15) is 6.10 Å². The molecule has 2 aromatic rings. The van der Waals surface area contributed by atoms with Crippen molar-refractivity contribution < 1.29 is 9.53 Å². The second-order valence-electron chi connectivity index (χ2n) is 8.90. The number of carbonyl (C=O) groups is 1. The molecular formula is C24H33NO2S. The van der Waals surface area contributed by atoms with Crippen LogP contribution in [-0.2, 0) is 9.53 Å². The van der Waals surface area contributed by atoms with Crippen LogP contribution in [0.3, 0.4) is 0 Å². The van der Waals surface area contributed by atoms with Crippen LogP contribution in [0.4, 0.5) is 0 Å². The van der Waals surface area contributed by atoms with Crippen LogP contribution < -0.4 is 0 Å². The number of carbonyl (C=O) groups excluding carboxylic acids is 1. The molecule has 0 radical (unpaired) electrons. The molecule has 1 aromatic carbocycles. The molecule has 1 fully saturated rings. The molecule has 3 rings (SSSR count). The molecule has 3 nitrogen and oxygen atoms in total. The monoisotopic (exact) mass is 399 g/mol. The smallest absolute Gasteiger partial charge is 0.316 e. The standard InChI is InChI=1S/C24H33NO2S/c1-14(2)19-8-7-15(3)11-21(19)27-23(26)13-28-22-12-17(5)20-10-16(4)9-18(6)24(20)25-22/h9-10,12,14-15,19,21H,7-8,11,13H2,1-6H3/t15-,19+,21+/m0/s1. The molecule has 0 amide bonds. The lowest BCUT2D eigenvalue weighted by Crippen LogP contribution is -2.36. The van der Waals surface area contributed by atoms with Crippen LogP contribution in [-0.4, -0.2) is 22.8 Å². The van der Waals surface area contributed by atoms with Crippen molar-refractivity contribution in [3.63, 3.8) is 0 Å². The van der Waals surface area contributed by atoms with E-state index in [9.17, 15) is 4.79 Å². The molecule has 0 aliphatic heterocycles. The third-order valence-electron chi connectivity index (χ3n) is 6.01. The molecule has 1 aliphatic rings. The Hall–Kier alpha value is -1.55. The Labute approximate surface area is 173 Å². The molecule has 152 valence electrons. The first-order valence-corrected chi connectivity index (χ1v) is 11.4. The van der Waals surface area contributed by atoms with E-state index in [1.54, 1.807) is 0 Å². The van der Waals surface area contributed by atoms with Crippen LogP contribution >= 0.6 is 11.8 Å². The summed E-state index contributed by atoms with van der Waals surface area (Å²) in [5.41, 5.74) is 4.66. The summed E-state index contributed by atoms with van der Waals surface area (Å²) in [4.78, 5) is 17.4. The Morgan fingerprint density at radius 3 is 2.64 bits per heavy atom. The largest absolute Gasteiger partial charge is 0.461 e. The SMILES string of the molecule is Cc1cc(C)c2nc(SCC(=O)O[C@@H]3C[C@@H](C)CC[C@@H]3C(C)C)cc(C)c2c1. The number of aromatic nitrogens is 1. The molecule has 0 bridgehead atoms. The topological polar surface area (TPSA) is 39.2 Å². The molecule has 1 heterocycles. The minimum absolute atomic E-state index is 0.0633. The first kappa shape index (κ1) is 21.2. The lowest BCUT2D eigenvalue weighted by Gasteiger charge is -2.36. The summed E-state index contributed by atoms with van der Waals surface area (Å²) in [7, 11) is 0. The third kappa shape index (κ3) is 4.89. The van der Waals surface area contributed by atoms with E-state index >= 15 is 0 Å². The summed E-state index contributed by atoms with van der Waals surface area (Å²) < 4.78 is 5.93. The molecule has 1 aromatic heterocycles. The Balaban J connectivity index is 1.67. The Kier molecular flexibility index (Phi) is 6.69. The van der Waals surface area contributed by atoms with E-state index in [2.05, 4.69) is 59.7 Å². The highest BCUT2D eigenvalue weighted by molar-refractivity contribution is 7.99. The van der Waals surface area contributed by atoms with Crippen molar-refractivity contribution in [2.75, 3.05) is 5.75 Å². The van der Waals surface area contributed by atoms with E-state index in [1.165, 1.54) is 40.3 Å². The first-order chi connectivity index (χ1) is 13.2. The van der Waals surface area contributed by atoms with Crippen LogP contribution in [0.15, 0.2) is 23.2 Å². The number of esters is 1. The summed E-state index contributed by atoms with van der Waals surface area (Å²) in [6.07, 6.45) is 3.46. The maximum atomic E-state index is 12.5. The van der Waals surface area contributed by atoms with Gasteiger partial charge in [0, 0.05) is 5.39 Å². The van der Waals surface area contributed by atoms with Crippen LogP contribution in [0.2, 0.25) is 0 Å². The summed E-state index contributed by atoms with van der Waals surface area (Å²) in [6.45, 7) is 13.1. The quantitative estimate of drug-likeness (QED) is 0.440. The number of aryl methyl sites for hydroxylation is 3. The van der Waals surface area contributed by atoms with E-state index < -0.39 is 0 Å². The Bertz CT molecular complexity index is 861. The molecule has 1 saturated carbocycles. The fourth-order valence-corrected chi connectivity index (χ4v) is 5.22. The molecule has 28 heavy (non-hydrogen) atoms. The van der Waals surface area contributed by atoms with Gasteiger partial charge in [-0.2, -0.15) is 0 Å². The van der Waals surface area contributed by atoms with Crippen LogP contribution in [0.5, 0.6) is 0 Å². The number of fused-ring (bicyclic) bond motifs is 1. The number of nitrogens with zero attached hydrogens (tertiary/aromatic N) is 1. The zero-order valence-electron chi connectivity index (χ0n) is 18.0. The summed E-state index contributed by atoms with van der Waals surface area (Å²) in [6, 6.07) is 6.43. The van der Waals surface area contributed by atoms with Gasteiger partial charge in [-0.3, -0.25) is 4.79 Å². The number of hydrogen-bond donors (Lipinski definition) is 0. The van der Waals surface area contributed by atoms with Gasteiger partial charge in [-0.1, -0.05) is 50.6 Å². The van der Waals surface area contributed by atoms with Gasteiger partial charge in [0.15, 0.2) is 0 Å². The van der Waals surface area contributed by atoms with E-state index in [0.29, 0.717) is 23.5 Å². The molecule has 4 heteroatoms. The third-order valence-corrected chi connectivity index (χ3v) is 6.90. The number of pyridine rings is 1. The van der Waals surface area contributed by atoms with Crippen LogP contribution in [0.25, 0.3) is 10.9 Å². The summed E-state index contributed by atoms with van der Waals surface area (Å²) >= 11 is 1.48. The highest BCUT2D eigenvalue weighted by Gasteiger charge is 2.33. The lowest BCUT2D eigenvalue weighted by atomic mass is 9.75. The van der Waals surface area contributed by atoms with Crippen molar-refractivity contribution in [3.8, 4) is 0 Å². The highest BCUT2D eigenvalue weighted by atomic mass is 32.2. The maximum Gasteiger partial charge on any atom is 0.316 e. The number of benzene rings is 1. The van der Waals surface area contributed by atoms with E-state index in [-0.39, 0.29) is 12.1 Å². The van der Waals surface area contributed by atoms with Gasteiger partial charge in [0.2, 0.25) is 0 Å². The van der Waals surface area contributed by atoms with E-state index in [0.717, 1.165) is 23.4 Å². The number of thioether (sulfide) groups is 1. The fraction of sp³-hybridized carbons (Fsp3) is 0.583. The lowest BCUT2D eigenvalue weighted by molar-refractivity contribution is -0.152. The van der Waals surface area contributed by atoms with Gasteiger partial charge in [-0.05, 0) is 74.6 Å².